The fraction of sp³-hybridized carbons (Fsp3) is 0.179. The van der Waals surface area contributed by atoms with E-state index in [4.69, 9.17) is 0 Å². The zero-order valence-corrected chi connectivity index (χ0v) is 22.5. The smallest absolute Gasteiger partial charge is 0.271 e. The van der Waals surface area contributed by atoms with Gasteiger partial charge in [0.1, 0.15) is 4.21 Å². The maximum atomic E-state index is 13.5. The number of sulfonamides is 1. The normalized spacial score (nSPS) is 14.2. The third-order valence-electron chi connectivity index (χ3n) is 6.36. The molecule has 0 atom stereocenters. The van der Waals surface area contributed by atoms with Crippen LogP contribution in [0.25, 0.3) is 0 Å². The van der Waals surface area contributed by atoms with Crippen LogP contribution in [0.4, 0.5) is 5.69 Å². The fourth-order valence-corrected chi connectivity index (χ4v) is 6.68. The highest BCUT2D eigenvalue weighted by atomic mass is 35.5. The Balaban J connectivity index is 0.00000320. The van der Waals surface area contributed by atoms with E-state index in [0.29, 0.717) is 37.4 Å². The largest absolute Gasteiger partial charge is 0.336 e. The molecule has 5 rings (SSSR count). The maximum absolute atomic E-state index is 13.5. The summed E-state index contributed by atoms with van der Waals surface area (Å²) >= 11 is 1.14. The number of para-hydroxylation sites is 1. The number of thiophene rings is 1. The van der Waals surface area contributed by atoms with Gasteiger partial charge in [-0.15, -0.1) is 23.7 Å². The van der Waals surface area contributed by atoms with Gasteiger partial charge in [0, 0.05) is 26.2 Å². The van der Waals surface area contributed by atoms with Crippen LogP contribution in [0, 0.1) is 0 Å². The molecule has 1 N–H and O–H groups in total. The minimum atomic E-state index is -3.75. The van der Waals surface area contributed by atoms with Crippen molar-refractivity contribution in [1.29, 1.82) is 0 Å². The van der Waals surface area contributed by atoms with Crippen LogP contribution in [-0.2, 0) is 10.0 Å². The van der Waals surface area contributed by atoms with Crippen LogP contribution in [0.2, 0.25) is 0 Å². The number of benzene rings is 3. The van der Waals surface area contributed by atoms with Gasteiger partial charge < -0.3 is 4.90 Å². The van der Waals surface area contributed by atoms with E-state index >= 15 is 0 Å². The lowest BCUT2D eigenvalue weighted by atomic mass is 9.96. The molecule has 1 aliphatic rings. The Kier molecular flexibility index (Phi) is 8.66. The summed E-state index contributed by atoms with van der Waals surface area (Å²) in [5.74, 6) is -0.171. The minimum absolute atomic E-state index is 0. The van der Waals surface area contributed by atoms with Gasteiger partial charge in [-0.1, -0.05) is 78.9 Å². The van der Waals surface area contributed by atoms with Crippen molar-refractivity contribution >= 4 is 45.4 Å². The molecule has 192 valence electrons. The number of carbonyl (C=O) groups is 1. The number of rotatable bonds is 7. The Morgan fingerprint density at radius 2 is 1.32 bits per heavy atom. The molecule has 0 spiro atoms. The summed E-state index contributed by atoms with van der Waals surface area (Å²) in [5.41, 5.74) is 3.09. The Morgan fingerprint density at radius 3 is 1.89 bits per heavy atom. The van der Waals surface area contributed by atoms with E-state index in [1.54, 1.807) is 41.8 Å². The number of carbonyl (C=O) groups excluding carboxylic acids is 1. The molecule has 9 heteroatoms. The van der Waals surface area contributed by atoms with Gasteiger partial charge in [0.25, 0.3) is 15.9 Å². The van der Waals surface area contributed by atoms with E-state index in [1.807, 2.05) is 17.0 Å². The van der Waals surface area contributed by atoms with Crippen LogP contribution >= 0.6 is 23.7 Å². The second kappa shape index (κ2) is 11.9. The zero-order valence-electron chi connectivity index (χ0n) is 20.1. The molecule has 1 fully saturated rings. The van der Waals surface area contributed by atoms with Gasteiger partial charge in [-0.3, -0.25) is 14.4 Å². The monoisotopic (exact) mass is 553 g/mol. The van der Waals surface area contributed by atoms with E-state index in [0.717, 1.165) is 11.3 Å². The van der Waals surface area contributed by atoms with E-state index in [2.05, 4.69) is 58.2 Å². The van der Waals surface area contributed by atoms with Crippen molar-refractivity contribution in [3.63, 3.8) is 0 Å². The second-order valence-electron chi connectivity index (χ2n) is 8.64. The van der Waals surface area contributed by atoms with Gasteiger partial charge >= 0.3 is 0 Å². The van der Waals surface area contributed by atoms with Crippen LogP contribution in [0.1, 0.15) is 27.5 Å². The highest BCUT2D eigenvalue weighted by Crippen LogP contribution is 2.30. The quantitative estimate of drug-likeness (QED) is 0.327. The first-order chi connectivity index (χ1) is 17.5. The van der Waals surface area contributed by atoms with Gasteiger partial charge in [0.15, 0.2) is 0 Å². The van der Waals surface area contributed by atoms with Gasteiger partial charge in [-0.2, -0.15) is 0 Å². The summed E-state index contributed by atoms with van der Waals surface area (Å²) in [6.07, 6.45) is 0. The number of nitrogens with zero attached hydrogens (tertiary/aromatic N) is 2. The Morgan fingerprint density at radius 1 is 0.757 bits per heavy atom. The molecule has 4 aromatic rings. The predicted molar refractivity (Wildman–Crippen MR) is 151 cm³/mol. The van der Waals surface area contributed by atoms with Crippen molar-refractivity contribution in [3.05, 3.63) is 119 Å². The lowest BCUT2D eigenvalue weighted by Gasteiger charge is -2.40. The van der Waals surface area contributed by atoms with Crippen LogP contribution in [-0.4, -0.2) is 50.3 Å². The molecule has 0 saturated carbocycles. The summed E-state index contributed by atoms with van der Waals surface area (Å²) in [7, 11) is -3.75. The molecule has 1 aliphatic heterocycles. The van der Waals surface area contributed by atoms with Crippen LogP contribution in [0.3, 0.4) is 0 Å². The Bertz CT molecular complexity index is 1370. The first kappa shape index (κ1) is 26.9. The molecule has 0 aliphatic carbocycles. The van der Waals surface area contributed by atoms with E-state index in [-0.39, 0.29) is 28.6 Å². The molecule has 0 radical (unpaired) electrons. The number of hydrogen-bond acceptors (Lipinski definition) is 5. The summed E-state index contributed by atoms with van der Waals surface area (Å²) in [5, 5.41) is 1.71. The molecule has 0 unspecified atom stereocenters. The molecule has 37 heavy (non-hydrogen) atoms. The number of nitrogens with one attached hydrogen (secondary N) is 1. The molecule has 3 aromatic carbocycles. The molecule has 1 aromatic heterocycles. The van der Waals surface area contributed by atoms with Gasteiger partial charge in [-0.05, 0) is 34.7 Å². The topological polar surface area (TPSA) is 69.7 Å². The van der Waals surface area contributed by atoms with E-state index < -0.39 is 10.0 Å². The minimum Gasteiger partial charge on any atom is -0.336 e. The predicted octanol–water partition coefficient (Wildman–Crippen LogP) is 5.52. The molecule has 6 nitrogen and oxygen atoms in total. The average molecular weight is 554 g/mol. The van der Waals surface area contributed by atoms with Crippen LogP contribution < -0.4 is 4.72 Å². The Hall–Kier alpha value is -3.17. The van der Waals surface area contributed by atoms with Gasteiger partial charge in [0.2, 0.25) is 0 Å². The summed E-state index contributed by atoms with van der Waals surface area (Å²) in [4.78, 5) is 17.7. The number of hydrogen-bond donors (Lipinski definition) is 1. The van der Waals surface area contributed by atoms with Crippen molar-refractivity contribution < 1.29 is 13.2 Å². The van der Waals surface area contributed by atoms with Crippen molar-refractivity contribution in [1.82, 2.24) is 9.80 Å². The van der Waals surface area contributed by atoms with Crippen molar-refractivity contribution in [2.75, 3.05) is 30.9 Å². The highest BCUT2D eigenvalue weighted by Gasteiger charge is 2.29. The van der Waals surface area contributed by atoms with Crippen molar-refractivity contribution in [3.8, 4) is 0 Å². The van der Waals surface area contributed by atoms with Gasteiger partial charge in [-0.25, -0.2) is 8.42 Å². The molecule has 0 bridgehead atoms. The summed E-state index contributed by atoms with van der Waals surface area (Å²) in [6, 6.07) is 31.0. The SMILES string of the molecule is Cl.O=C(c1ccccc1NS(=O)(=O)c1cccs1)N1CCN(C(c2ccccc2)c2ccccc2)CC1. The number of anilines is 1. The second-order valence-corrected chi connectivity index (χ2v) is 11.5. The molecule has 2 heterocycles. The first-order valence-electron chi connectivity index (χ1n) is 11.8. The number of piperazine rings is 1. The highest BCUT2D eigenvalue weighted by molar-refractivity contribution is 7.94. The fourth-order valence-electron chi connectivity index (χ4n) is 4.61. The summed E-state index contributed by atoms with van der Waals surface area (Å²) in [6.45, 7) is 2.54. The standard InChI is InChI=1S/C28H27N3O3S2.ClH/c32-28(24-14-7-8-15-25(24)29-36(33,34)26-16-9-21-35-26)31-19-17-30(18-20-31)27(22-10-3-1-4-11-22)23-12-5-2-6-13-23;/h1-16,21,27,29H,17-20H2;1H. The van der Waals surface area contributed by atoms with Crippen LogP contribution in [0.5, 0.6) is 0 Å². The number of amides is 1. The third kappa shape index (κ3) is 6.05. The lowest BCUT2D eigenvalue weighted by Crippen LogP contribution is -2.50. The van der Waals surface area contributed by atoms with Gasteiger partial charge in [0.05, 0.1) is 17.3 Å². The maximum Gasteiger partial charge on any atom is 0.271 e. The number of halogens is 1. The zero-order chi connectivity index (χ0) is 25.0. The third-order valence-corrected chi connectivity index (χ3v) is 9.12. The molecule has 1 amide bonds. The van der Waals surface area contributed by atoms with Crippen molar-refractivity contribution in [2.45, 2.75) is 10.3 Å². The molecular weight excluding hydrogens is 526 g/mol. The average Bonchev–Trinajstić information content (AvgIpc) is 3.47. The van der Waals surface area contributed by atoms with Crippen molar-refractivity contribution in [2.24, 2.45) is 0 Å². The lowest BCUT2D eigenvalue weighted by molar-refractivity contribution is 0.0598. The van der Waals surface area contributed by atoms with E-state index in [1.165, 1.54) is 11.1 Å². The van der Waals surface area contributed by atoms with E-state index in [9.17, 15) is 13.2 Å². The Labute approximate surface area is 228 Å². The molecular formula is C28H28ClN3O3S2. The first-order valence-corrected chi connectivity index (χ1v) is 14.2. The summed E-state index contributed by atoms with van der Waals surface area (Å²) < 4.78 is 28.4. The van der Waals surface area contributed by atoms with Crippen LogP contribution in [0.15, 0.2) is 107 Å². The molecule has 1 saturated heterocycles.